The fraction of sp³-hybridized carbons (Fsp3) is 0.211. The van der Waals surface area contributed by atoms with Crippen LogP contribution in [0, 0.1) is 6.92 Å². The van der Waals surface area contributed by atoms with Gasteiger partial charge in [0.05, 0.1) is 17.0 Å². The number of rotatable bonds is 7. The fourth-order valence-corrected chi connectivity index (χ4v) is 3.40. The number of ether oxygens (including phenoxy) is 1. The van der Waals surface area contributed by atoms with Crippen molar-refractivity contribution >= 4 is 21.0 Å². The number of fused-ring (bicyclic) bond motifs is 1. The van der Waals surface area contributed by atoms with Crippen LogP contribution in [-0.2, 0) is 14.3 Å². The first-order valence-electron chi connectivity index (χ1n) is 8.24. The second-order valence-electron chi connectivity index (χ2n) is 6.06. The molecule has 0 radical (unpaired) electrons. The standard InChI is InChI=1S/C19H19NO6S/c1-13-5-7-15(8-6-13)27(23,24)26-12-14(21)11-25-18-4-2-3-17-16(18)9-10-19(22)20-17/h2-10,14,21H,11-12H2,1H3,(H,20,22). The lowest BCUT2D eigenvalue weighted by Crippen LogP contribution is -2.25. The monoisotopic (exact) mass is 389 g/mol. The summed E-state index contributed by atoms with van der Waals surface area (Å²) in [5.74, 6) is 0.462. The molecule has 8 heteroatoms. The lowest BCUT2D eigenvalue weighted by Gasteiger charge is -2.14. The topological polar surface area (TPSA) is 106 Å². The molecule has 1 unspecified atom stereocenters. The Morgan fingerprint density at radius 3 is 2.52 bits per heavy atom. The van der Waals surface area contributed by atoms with Gasteiger partial charge in [0, 0.05) is 11.5 Å². The maximum atomic E-state index is 12.1. The first kappa shape index (κ1) is 19.1. The van der Waals surface area contributed by atoms with Gasteiger partial charge in [-0.3, -0.25) is 8.98 Å². The van der Waals surface area contributed by atoms with E-state index in [4.69, 9.17) is 8.92 Å². The van der Waals surface area contributed by atoms with E-state index in [0.717, 1.165) is 5.56 Å². The Balaban J connectivity index is 1.61. The number of aromatic nitrogens is 1. The average Bonchev–Trinajstić information content (AvgIpc) is 2.64. The maximum absolute atomic E-state index is 12.1. The molecule has 0 amide bonds. The van der Waals surface area contributed by atoms with E-state index in [-0.39, 0.29) is 17.1 Å². The highest BCUT2D eigenvalue weighted by Crippen LogP contribution is 2.23. The molecule has 2 N–H and O–H groups in total. The molecule has 0 aliphatic carbocycles. The lowest BCUT2D eigenvalue weighted by atomic mass is 10.2. The molecule has 1 heterocycles. The summed E-state index contributed by atoms with van der Waals surface area (Å²) in [4.78, 5) is 14.1. The van der Waals surface area contributed by atoms with Crippen LogP contribution in [0.1, 0.15) is 5.56 Å². The molecule has 1 aromatic heterocycles. The number of aliphatic hydroxyl groups excluding tert-OH is 1. The first-order valence-corrected chi connectivity index (χ1v) is 9.65. The molecule has 0 aliphatic rings. The molecule has 27 heavy (non-hydrogen) atoms. The zero-order valence-electron chi connectivity index (χ0n) is 14.6. The van der Waals surface area contributed by atoms with Crippen LogP contribution in [0.25, 0.3) is 10.9 Å². The quantitative estimate of drug-likeness (QED) is 0.599. The van der Waals surface area contributed by atoms with Gasteiger partial charge in [-0.25, -0.2) is 0 Å². The van der Waals surface area contributed by atoms with Crippen LogP contribution in [0.4, 0.5) is 0 Å². The van der Waals surface area contributed by atoms with E-state index in [9.17, 15) is 18.3 Å². The fourth-order valence-electron chi connectivity index (χ4n) is 2.46. The number of pyridine rings is 1. The van der Waals surface area contributed by atoms with Crippen LogP contribution < -0.4 is 10.3 Å². The number of H-pyrrole nitrogens is 1. The third-order valence-electron chi connectivity index (χ3n) is 3.88. The van der Waals surface area contributed by atoms with Crippen molar-refractivity contribution in [2.24, 2.45) is 0 Å². The first-order chi connectivity index (χ1) is 12.8. The van der Waals surface area contributed by atoms with Crippen molar-refractivity contribution in [3.05, 3.63) is 70.5 Å². The van der Waals surface area contributed by atoms with Crippen molar-refractivity contribution < 1.29 is 22.4 Å². The van der Waals surface area contributed by atoms with Crippen LogP contribution in [0.5, 0.6) is 5.75 Å². The van der Waals surface area contributed by atoms with E-state index in [1.165, 1.54) is 18.2 Å². The summed E-state index contributed by atoms with van der Waals surface area (Å²) in [6.07, 6.45) is -1.15. The summed E-state index contributed by atoms with van der Waals surface area (Å²) in [5.41, 5.74) is 1.31. The maximum Gasteiger partial charge on any atom is 0.297 e. The lowest BCUT2D eigenvalue weighted by molar-refractivity contribution is 0.0654. The summed E-state index contributed by atoms with van der Waals surface area (Å²) in [7, 11) is -3.95. The van der Waals surface area contributed by atoms with Gasteiger partial charge in [-0.1, -0.05) is 23.8 Å². The van der Waals surface area contributed by atoms with E-state index in [0.29, 0.717) is 16.7 Å². The predicted octanol–water partition coefficient (Wildman–Crippen LogP) is 1.98. The Morgan fingerprint density at radius 2 is 1.78 bits per heavy atom. The third-order valence-corrected chi connectivity index (χ3v) is 5.18. The molecule has 7 nitrogen and oxygen atoms in total. The molecule has 0 aliphatic heterocycles. The molecule has 0 spiro atoms. The number of nitrogens with one attached hydrogen (secondary N) is 1. The normalized spacial score (nSPS) is 12.8. The van der Waals surface area contributed by atoms with Crippen molar-refractivity contribution in [1.29, 1.82) is 0 Å². The van der Waals surface area contributed by atoms with Crippen molar-refractivity contribution in [3.8, 4) is 5.75 Å². The Hall–Kier alpha value is -2.68. The van der Waals surface area contributed by atoms with Gasteiger partial charge in [0.15, 0.2) is 0 Å². The highest BCUT2D eigenvalue weighted by atomic mass is 32.2. The Labute approximate surface area is 156 Å². The number of aliphatic hydroxyl groups is 1. The highest BCUT2D eigenvalue weighted by molar-refractivity contribution is 7.86. The summed E-state index contributed by atoms with van der Waals surface area (Å²) in [6, 6.07) is 14.4. The summed E-state index contributed by atoms with van der Waals surface area (Å²) in [6.45, 7) is 1.25. The number of aryl methyl sites for hydroxylation is 1. The molecule has 0 fully saturated rings. The summed E-state index contributed by atoms with van der Waals surface area (Å²) < 4.78 is 34.7. The number of aromatic amines is 1. The van der Waals surface area contributed by atoms with Crippen LogP contribution in [0.3, 0.4) is 0 Å². The molecule has 3 rings (SSSR count). The van der Waals surface area contributed by atoms with E-state index in [1.54, 1.807) is 36.4 Å². The van der Waals surface area contributed by atoms with Gasteiger partial charge in [0.2, 0.25) is 5.56 Å². The molecule has 2 aromatic carbocycles. The van der Waals surface area contributed by atoms with Gasteiger partial charge in [-0.05, 0) is 37.3 Å². The summed E-state index contributed by atoms with van der Waals surface area (Å²) >= 11 is 0. The van der Waals surface area contributed by atoms with Crippen LogP contribution in [-0.4, -0.2) is 37.8 Å². The van der Waals surface area contributed by atoms with Crippen molar-refractivity contribution in [2.45, 2.75) is 17.9 Å². The molecule has 3 aromatic rings. The summed E-state index contributed by atoms with van der Waals surface area (Å²) in [5, 5.41) is 10.7. The van der Waals surface area contributed by atoms with Gasteiger partial charge in [0.25, 0.3) is 10.1 Å². The van der Waals surface area contributed by atoms with E-state index in [2.05, 4.69) is 4.98 Å². The molecular formula is C19H19NO6S. The minimum Gasteiger partial charge on any atom is -0.490 e. The van der Waals surface area contributed by atoms with E-state index in [1.807, 2.05) is 6.92 Å². The molecule has 1 atom stereocenters. The van der Waals surface area contributed by atoms with Gasteiger partial charge in [0.1, 0.15) is 18.5 Å². The number of hydrogen-bond acceptors (Lipinski definition) is 6. The number of benzene rings is 2. The van der Waals surface area contributed by atoms with E-state index >= 15 is 0 Å². The van der Waals surface area contributed by atoms with Crippen molar-refractivity contribution in [1.82, 2.24) is 4.98 Å². The zero-order chi connectivity index (χ0) is 19.4. The highest BCUT2D eigenvalue weighted by Gasteiger charge is 2.18. The van der Waals surface area contributed by atoms with Crippen LogP contribution in [0.2, 0.25) is 0 Å². The van der Waals surface area contributed by atoms with Crippen molar-refractivity contribution in [3.63, 3.8) is 0 Å². The van der Waals surface area contributed by atoms with Crippen LogP contribution in [0.15, 0.2) is 64.3 Å². The SMILES string of the molecule is Cc1ccc(S(=O)(=O)OCC(O)COc2cccc3[nH]c(=O)ccc23)cc1. The van der Waals surface area contributed by atoms with Gasteiger partial charge < -0.3 is 14.8 Å². The van der Waals surface area contributed by atoms with Gasteiger partial charge >= 0.3 is 0 Å². The minimum atomic E-state index is -3.95. The molecule has 0 bridgehead atoms. The van der Waals surface area contributed by atoms with Gasteiger partial charge in [-0.15, -0.1) is 0 Å². The predicted molar refractivity (Wildman–Crippen MR) is 100 cm³/mol. The largest absolute Gasteiger partial charge is 0.490 e. The second kappa shape index (κ2) is 7.91. The number of hydrogen-bond donors (Lipinski definition) is 2. The molecule has 142 valence electrons. The molecule has 0 saturated heterocycles. The zero-order valence-corrected chi connectivity index (χ0v) is 15.4. The Kier molecular flexibility index (Phi) is 5.59. The Morgan fingerprint density at radius 1 is 1.04 bits per heavy atom. The smallest absolute Gasteiger partial charge is 0.297 e. The third kappa shape index (κ3) is 4.73. The molecule has 0 saturated carbocycles. The second-order valence-corrected chi connectivity index (χ2v) is 7.67. The minimum absolute atomic E-state index is 0.0271. The van der Waals surface area contributed by atoms with Gasteiger partial charge in [-0.2, -0.15) is 8.42 Å². The Bertz CT molecular complexity index is 1090. The van der Waals surface area contributed by atoms with Crippen molar-refractivity contribution in [2.75, 3.05) is 13.2 Å². The molecular weight excluding hydrogens is 370 g/mol. The van der Waals surface area contributed by atoms with Crippen LogP contribution >= 0.6 is 0 Å². The average molecular weight is 389 g/mol. The van der Waals surface area contributed by atoms with E-state index < -0.39 is 22.8 Å².